The lowest BCUT2D eigenvalue weighted by molar-refractivity contribution is 0.299. The van der Waals surface area contributed by atoms with Crippen LogP contribution in [0.25, 0.3) is 0 Å². The average molecular weight is 291 g/mol. The van der Waals surface area contributed by atoms with Crippen LogP contribution in [0.15, 0.2) is 42.5 Å². The second-order valence-electron chi connectivity index (χ2n) is 4.13. The second kappa shape index (κ2) is 6.34. The minimum Gasteiger partial charge on any atom is -0.497 e. The number of hydrogen-bond acceptors (Lipinski definition) is 3. The van der Waals surface area contributed by atoms with Gasteiger partial charge in [0.1, 0.15) is 28.9 Å². The van der Waals surface area contributed by atoms with E-state index in [0.717, 1.165) is 5.75 Å². The normalized spacial score (nSPS) is 10.1. The number of rotatable bonds is 5. The molecule has 0 aromatic heterocycles. The van der Waals surface area contributed by atoms with Crippen molar-refractivity contribution in [2.75, 3.05) is 7.11 Å². The fourth-order valence-corrected chi connectivity index (χ4v) is 1.80. The minimum atomic E-state index is -0.349. The standard InChI is InChI=1S/C15H14FNO2S/c1-18-12-3-5-13(6-4-12)19-9-11-8-10(15(17)20)2-7-14(11)16/h2-8H,9H2,1H3,(H2,17,20). The maximum Gasteiger partial charge on any atom is 0.129 e. The summed E-state index contributed by atoms with van der Waals surface area (Å²) in [5.74, 6) is 1.02. The van der Waals surface area contributed by atoms with Crippen molar-refractivity contribution in [3.05, 3.63) is 59.4 Å². The van der Waals surface area contributed by atoms with Crippen molar-refractivity contribution < 1.29 is 13.9 Å². The van der Waals surface area contributed by atoms with Gasteiger partial charge in [-0.1, -0.05) is 12.2 Å². The molecule has 2 aromatic carbocycles. The van der Waals surface area contributed by atoms with Crippen LogP contribution in [0.1, 0.15) is 11.1 Å². The summed E-state index contributed by atoms with van der Waals surface area (Å²) in [6.07, 6.45) is 0. The maximum atomic E-state index is 13.7. The third-order valence-electron chi connectivity index (χ3n) is 2.78. The molecule has 0 amide bonds. The number of thiocarbonyl (C=S) groups is 1. The first-order valence-corrected chi connectivity index (χ1v) is 6.36. The molecule has 0 radical (unpaired) electrons. The molecular weight excluding hydrogens is 277 g/mol. The Morgan fingerprint density at radius 1 is 1.15 bits per heavy atom. The first-order valence-electron chi connectivity index (χ1n) is 5.95. The monoisotopic (exact) mass is 291 g/mol. The van der Waals surface area contributed by atoms with E-state index >= 15 is 0 Å². The summed E-state index contributed by atoms with van der Waals surface area (Å²) in [5.41, 5.74) is 6.55. The zero-order valence-corrected chi connectivity index (χ0v) is 11.7. The van der Waals surface area contributed by atoms with E-state index in [9.17, 15) is 4.39 Å². The van der Waals surface area contributed by atoms with E-state index in [0.29, 0.717) is 16.9 Å². The molecule has 20 heavy (non-hydrogen) atoms. The molecule has 0 aliphatic rings. The Morgan fingerprint density at radius 2 is 1.80 bits per heavy atom. The lowest BCUT2D eigenvalue weighted by Crippen LogP contribution is -2.10. The number of ether oxygens (including phenoxy) is 2. The average Bonchev–Trinajstić information content (AvgIpc) is 2.46. The van der Waals surface area contributed by atoms with Crippen molar-refractivity contribution in [2.24, 2.45) is 5.73 Å². The quantitative estimate of drug-likeness (QED) is 0.860. The van der Waals surface area contributed by atoms with Gasteiger partial charge >= 0.3 is 0 Å². The summed E-state index contributed by atoms with van der Waals surface area (Å²) < 4.78 is 24.2. The third kappa shape index (κ3) is 3.45. The Bertz CT molecular complexity index is 614. The van der Waals surface area contributed by atoms with E-state index in [-0.39, 0.29) is 17.4 Å². The van der Waals surface area contributed by atoms with Gasteiger partial charge < -0.3 is 15.2 Å². The number of benzene rings is 2. The van der Waals surface area contributed by atoms with Crippen molar-refractivity contribution in [2.45, 2.75) is 6.61 Å². The summed E-state index contributed by atoms with van der Waals surface area (Å²) >= 11 is 4.87. The third-order valence-corrected chi connectivity index (χ3v) is 3.02. The smallest absolute Gasteiger partial charge is 0.129 e. The van der Waals surface area contributed by atoms with Crippen LogP contribution < -0.4 is 15.2 Å². The van der Waals surface area contributed by atoms with Gasteiger partial charge in [-0.3, -0.25) is 0 Å². The van der Waals surface area contributed by atoms with E-state index in [2.05, 4.69) is 0 Å². The van der Waals surface area contributed by atoms with Crippen LogP contribution >= 0.6 is 12.2 Å². The molecule has 0 aliphatic carbocycles. The van der Waals surface area contributed by atoms with Crippen LogP contribution in [0.5, 0.6) is 11.5 Å². The Labute approximate surface area is 122 Å². The van der Waals surface area contributed by atoms with Gasteiger partial charge in [0.25, 0.3) is 0 Å². The Balaban J connectivity index is 2.09. The van der Waals surface area contributed by atoms with Gasteiger partial charge in [0.15, 0.2) is 0 Å². The molecule has 3 nitrogen and oxygen atoms in total. The molecular formula is C15H14FNO2S. The summed E-state index contributed by atoms with van der Waals surface area (Å²) in [6, 6.07) is 11.5. The lowest BCUT2D eigenvalue weighted by atomic mass is 10.1. The summed E-state index contributed by atoms with van der Waals surface area (Å²) in [7, 11) is 1.59. The summed E-state index contributed by atoms with van der Waals surface area (Å²) in [6.45, 7) is 0.106. The summed E-state index contributed by atoms with van der Waals surface area (Å²) in [4.78, 5) is 0.232. The highest BCUT2D eigenvalue weighted by molar-refractivity contribution is 7.80. The number of nitrogens with two attached hydrogens (primary N) is 1. The molecule has 0 atom stereocenters. The molecule has 0 heterocycles. The Hall–Kier alpha value is -2.14. The highest BCUT2D eigenvalue weighted by Crippen LogP contribution is 2.19. The molecule has 2 aromatic rings. The molecule has 0 fully saturated rings. The first-order chi connectivity index (χ1) is 9.60. The van der Waals surface area contributed by atoms with Gasteiger partial charge in [0.2, 0.25) is 0 Å². The van der Waals surface area contributed by atoms with Gasteiger partial charge in [-0.15, -0.1) is 0 Å². The summed E-state index contributed by atoms with van der Waals surface area (Å²) in [5, 5.41) is 0. The molecule has 0 spiro atoms. The second-order valence-corrected chi connectivity index (χ2v) is 4.57. The molecule has 104 valence electrons. The van der Waals surface area contributed by atoms with Crippen LogP contribution in [0.2, 0.25) is 0 Å². The van der Waals surface area contributed by atoms with Gasteiger partial charge in [0, 0.05) is 11.1 Å². The molecule has 0 bridgehead atoms. The van der Waals surface area contributed by atoms with Crippen LogP contribution in [-0.2, 0) is 6.61 Å². The number of methoxy groups -OCH3 is 1. The van der Waals surface area contributed by atoms with Gasteiger partial charge in [-0.2, -0.15) is 0 Å². The van der Waals surface area contributed by atoms with E-state index < -0.39 is 0 Å². The highest BCUT2D eigenvalue weighted by atomic mass is 32.1. The van der Waals surface area contributed by atoms with E-state index in [1.54, 1.807) is 43.5 Å². The molecule has 2 N–H and O–H groups in total. The van der Waals surface area contributed by atoms with E-state index in [1.807, 2.05) is 0 Å². The zero-order chi connectivity index (χ0) is 14.5. The molecule has 0 saturated carbocycles. The predicted molar refractivity (Wildman–Crippen MR) is 79.6 cm³/mol. The van der Waals surface area contributed by atoms with Crippen molar-refractivity contribution >= 4 is 17.2 Å². The topological polar surface area (TPSA) is 44.5 Å². The van der Waals surface area contributed by atoms with Crippen molar-refractivity contribution in [3.63, 3.8) is 0 Å². The van der Waals surface area contributed by atoms with Crippen molar-refractivity contribution in [1.82, 2.24) is 0 Å². The van der Waals surface area contributed by atoms with Crippen molar-refractivity contribution in [3.8, 4) is 11.5 Å². The Kier molecular flexibility index (Phi) is 4.53. The molecule has 5 heteroatoms. The SMILES string of the molecule is COc1ccc(OCc2cc(C(N)=S)ccc2F)cc1. The zero-order valence-electron chi connectivity index (χ0n) is 10.9. The van der Waals surface area contributed by atoms with Gasteiger partial charge in [-0.05, 0) is 42.5 Å². The van der Waals surface area contributed by atoms with Crippen LogP contribution in [0.4, 0.5) is 4.39 Å². The molecule has 0 saturated heterocycles. The lowest BCUT2D eigenvalue weighted by Gasteiger charge is -2.09. The number of halogens is 1. The largest absolute Gasteiger partial charge is 0.497 e. The minimum absolute atomic E-state index is 0.106. The predicted octanol–water partition coefficient (Wildman–Crippen LogP) is 3.05. The van der Waals surface area contributed by atoms with Gasteiger partial charge in [0.05, 0.1) is 7.11 Å². The van der Waals surface area contributed by atoms with Crippen LogP contribution in [0.3, 0.4) is 0 Å². The fourth-order valence-electron chi connectivity index (χ4n) is 1.67. The van der Waals surface area contributed by atoms with Crippen LogP contribution in [0, 0.1) is 5.82 Å². The van der Waals surface area contributed by atoms with E-state index in [1.165, 1.54) is 6.07 Å². The first kappa shape index (κ1) is 14.3. The van der Waals surface area contributed by atoms with Gasteiger partial charge in [-0.25, -0.2) is 4.39 Å². The molecule has 0 unspecified atom stereocenters. The number of hydrogen-bond donors (Lipinski definition) is 1. The highest BCUT2D eigenvalue weighted by Gasteiger charge is 2.06. The van der Waals surface area contributed by atoms with Crippen molar-refractivity contribution in [1.29, 1.82) is 0 Å². The van der Waals surface area contributed by atoms with E-state index in [4.69, 9.17) is 27.4 Å². The van der Waals surface area contributed by atoms with Crippen LogP contribution in [-0.4, -0.2) is 12.1 Å². The Morgan fingerprint density at radius 3 is 2.40 bits per heavy atom. The maximum absolute atomic E-state index is 13.7. The fraction of sp³-hybridized carbons (Fsp3) is 0.133. The molecule has 2 rings (SSSR count). The molecule has 0 aliphatic heterocycles.